The highest BCUT2D eigenvalue weighted by atomic mass is 32.2. The van der Waals surface area contributed by atoms with E-state index in [9.17, 15) is 9.18 Å². The third-order valence-corrected chi connectivity index (χ3v) is 3.26. The first-order valence-electron chi connectivity index (χ1n) is 5.80. The van der Waals surface area contributed by atoms with Gasteiger partial charge < -0.3 is 10.4 Å². The lowest BCUT2D eigenvalue weighted by Gasteiger charge is -2.16. The monoisotopic (exact) mass is 271 g/mol. The van der Waals surface area contributed by atoms with E-state index in [1.807, 2.05) is 6.26 Å². The number of hydrogen-bond acceptors (Lipinski definition) is 3. The van der Waals surface area contributed by atoms with E-state index < -0.39 is 0 Å². The van der Waals surface area contributed by atoms with E-state index in [0.717, 1.165) is 5.75 Å². The predicted octanol–water partition coefficient (Wildman–Crippen LogP) is 1.60. The lowest BCUT2D eigenvalue weighted by molar-refractivity contribution is -0.121. The normalized spacial score (nSPS) is 12.2. The number of carbonyl (C=O) groups is 1. The van der Waals surface area contributed by atoms with Crippen molar-refractivity contribution in [1.29, 1.82) is 0 Å². The Hall–Kier alpha value is -1.07. The van der Waals surface area contributed by atoms with Gasteiger partial charge >= 0.3 is 0 Å². The summed E-state index contributed by atoms with van der Waals surface area (Å²) < 4.78 is 13.4. The van der Waals surface area contributed by atoms with Crippen molar-refractivity contribution in [2.24, 2.45) is 0 Å². The number of hydrogen-bond donors (Lipinski definition) is 2. The van der Waals surface area contributed by atoms with Gasteiger partial charge in [0, 0.05) is 18.4 Å². The molecular formula is C13H18FNO2S. The van der Waals surface area contributed by atoms with Crippen molar-refractivity contribution in [3.63, 3.8) is 0 Å². The molecule has 1 atom stereocenters. The largest absolute Gasteiger partial charge is 0.396 e. The zero-order valence-electron chi connectivity index (χ0n) is 10.4. The maximum absolute atomic E-state index is 13.4. The van der Waals surface area contributed by atoms with Gasteiger partial charge in [0.05, 0.1) is 6.42 Å². The zero-order valence-corrected chi connectivity index (χ0v) is 11.2. The average molecular weight is 271 g/mol. The Bertz CT molecular complexity index is 381. The van der Waals surface area contributed by atoms with Gasteiger partial charge in [-0.3, -0.25) is 4.79 Å². The van der Waals surface area contributed by atoms with Crippen molar-refractivity contribution in [3.05, 3.63) is 35.6 Å². The first-order chi connectivity index (χ1) is 8.67. The summed E-state index contributed by atoms with van der Waals surface area (Å²) >= 11 is 1.60. The van der Waals surface area contributed by atoms with Crippen molar-refractivity contribution in [3.8, 4) is 0 Å². The highest BCUT2D eigenvalue weighted by Gasteiger charge is 2.13. The number of aliphatic hydroxyl groups is 1. The Morgan fingerprint density at radius 3 is 2.83 bits per heavy atom. The maximum atomic E-state index is 13.4. The van der Waals surface area contributed by atoms with Crippen molar-refractivity contribution in [2.75, 3.05) is 18.6 Å². The Morgan fingerprint density at radius 1 is 1.50 bits per heavy atom. The van der Waals surface area contributed by atoms with Gasteiger partial charge in [0.2, 0.25) is 5.91 Å². The van der Waals surface area contributed by atoms with Gasteiger partial charge in [-0.1, -0.05) is 18.2 Å². The number of carbonyl (C=O) groups excluding carboxylic acids is 1. The summed E-state index contributed by atoms with van der Waals surface area (Å²) in [6.07, 6.45) is 2.49. The molecule has 0 bridgehead atoms. The summed E-state index contributed by atoms with van der Waals surface area (Å²) in [5.41, 5.74) is 0.391. The number of halogens is 1. The second-order valence-electron chi connectivity index (χ2n) is 4.00. The van der Waals surface area contributed by atoms with Crippen LogP contribution in [-0.4, -0.2) is 35.7 Å². The molecule has 0 aliphatic rings. The van der Waals surface area contributed by atoms with E-state index in [4.69, 9.17) is 5.11 Å². The van der Waals surface area contributed by atoms with Crippen molar-refractivity contribution in [1.82, 2.24) is 5.32 Å². The summed E-state index contributed by atoms with van der Waals surface area (Å²) in [5, 5.41) is 11.7. The Balaban J connectivity index is 2.52. The highest BCUT2D eigenvalue weighted by Crippen LogP contribution is 2.08. The third-order valence-electron chi connectivity index (χ3n) is 2.52. The standard InChI is InChI=1S/C13H18FNO2S/c1-18-9-11(6-7-16)15-13(17)8-10-4-2-3-5-12(10)14/h2-5,11,16H,6-9H2,1H3,(H,15,17). The molecule has 0 spiro atoms. The quantitative estimate of drug-likeness (QED) is 0.792. The topological polar surface area (TPSA) is 49.3 Å². The van der Waals surface area contributed by atoms with Gasteiger partial charge in [-0.2, -0.15) is 11.8 Å². The minimum Gasteiger partial charge on any atom is -0.396 e. The van der Waals surface area contributed by atoms with Crippen LogP contribution in [0.4, 0.5) is 4.39 Å². The van der Waals surface area contributed by atoms with Crippen LogP contribution in [0.5, 0.6) is 0 Å². The molecule has 1 amide bonds. The van der Waals surface area contributed by atoms with Crippen LogP contribution in [0.15, 0.2) is 24.3 Å². The fourth-order valence-corrected chi connectivity index (χ4v) is 2.30. The van der Waals surface area contributed by atoms with Crippen LogP contribution < -0.4 is 5.32 Å². The average Bonchev–Trinajstić information content (AvgIpc) is 2.33. The molecule has 0 saturated carbocycles. The SMILES string of the molecule is CSCC(CCO)NC(=O)Cc1ccccc1F. The second-order valence-corrected chi connectivity index (χ2v) is 4.91. The van der Waals surface area contributed by atoms with Crippen LogP contribution in [0.25, 0.3) is 0 Å². The molecule has 0 saturated heterocycles. The van der Waals surface area contributed by atoms with Crippen LogP contribution in [0.1, 0.15) is 12.0 Å². The zero-order chi connectivity index (χ0) is 13.4. The molecule has 0 aliphatic heterocycles. The molecule has 0 radical (unpaired) electrons. The molecule has 18 heavy (non-hydrogen) atoms. The first-order valence-corrected chi connectivity index (χ1v) is 7.19. The maximum Gasteiger partial charge on any atom is 0.224 e. The molecule has 0 aliphatic carbocycles. The number of thioether (sulfide) groups is 1. The fourth-order valence-electron chi connectivity index (χ4n) is 1.65. The van der Waals surface area contributed by atoms with Crippen LogP contribution >= 0.6 is 11.8 Å². The molecule has 5 heteroatoms. The fraction of sp³-hybridized carbons (Fsp3) is 0.462. The van der Waals surface area contributed by atoms with E-state index in [-0.39, 0.29) is 30.8 Å². The first kappa shape index (κ1) is 15.0. The lowest BCUT2D eigenvalue weighted by atomic mass is 10.1. The molecule has 0 heterocycles. The Kier molecular flexibility index (Phi) is 6.75. The van der Waals surface area contributed by atoms with Crippen LogP contribution in [-0.2, 0) is 11.2 Å². The number of benzene rings is 1. The van der Waals surface area contributed by atoms with Gasteiger partial charge in [0.15, 0.2) is 0 Å². The van der Waals surface area contributed by atoms with Gasteiger partial charge in [-0.15, -0.1) is 0 Å². The van der Waals surface area contributed by atoms with E-state index >= 15 is 0 Å². The minimum atomic E-state index is -0.365. The predicted molar refractivity (Wildman–Crippen MR) is 72.1 cm³/mol. The highest BCUT2D eigenvalue weighted by molar-refractivity contribution is 7.98. The Morgan fingerprint density at radius 2 is 2.22 bits per heavy atom. The second kappa shape index (κ2) is 8.11. The van der Waals surface area contributed by atoms with Crippen LogP contribution in [0, 0.1) is 5.82 Å². The van der Waals surface area contributed by atoms with Crippen LogP contribution in [0.2, 0.25) is 0 Å². The van der Waals surface area contributed by atoms with Crippen molar-refractivity contribution >= 4 is 17.7 Å². The number of nitrogens with one attached hydrogen (secondary N) is 1. The van der Waals surface area contributed by atoms with E-state index in [1.54, 1.807) is 30.0 Å². The van der Waals surface area contributed by atoms with Gasteiger partial charge in [0.25, 0.3) is 0 Å². The Labute approximate surface area is 111 Å². The van der Waals surface area contributed by atoms with Gasteiger partial charge in [-0.25, -0.2) is 4.39 Å². The molecule has 1 unspecified atom stereocenters. The molecule has 100 valence electrons. The molecule has 1 aromatic carbocycles. The molecular weight excluding hydrogens is 253 g/mol. The van der Waals surface area contributed by atoms with E-state index in [1.165, 1.54) is 6.07 Å². The van der Waals surface area contributed by atoms with Gasteiger partial charge in [-0.05, 0) is 24.3 Å². The summed E-state index contributed by atoms with van der Waals surface area (Å²) in [6, 6.07) is 6.18. The molecule has 0 fully saturated rings. The van der Waals surface area contributed by atoms with Crippen LogP contribution in [0.3, 0.4) is 0 Å². The number of rotatable bonds is 7. The molecule has 1 aromatic rings. The lowest BCUT2D eigenvalue weighted by Crippen LogP contribution is -2.38. The van der Waals surface area contributed by atoms with Crippen molar-refractivity contribution in [2.45, 2.75) is 18.9 Å². The third kappa shape index (κ3) is 5.06. The molecule has 3 nitrogen and oxygen atoms in total. The molecule has 1 rings (SSSR count). The number of aliphatic hydroxyl groups excluding tert-OH is 1. The summed E-state index contributed by atoms with van der Waals surface area (Å²) in [4.78, 5) is 11.8. The minimum absolute atomic E-state index is 0.0307. The van der Waals surface area contributed by atoms with E-state index in [2.05, 4.69) is 5.32 Å². The summed E-state index contributed by atoms with van der Waals surface area (Å²) in [5.74, 6) is 0.160. The number of amides is 1. The molecule has 2 N–H and O–H groups in total. The summed E-state index contributed by atoms with van der Waals surface area (Å²) in [6.45, 7) is 0.0329. The summed E-state index contributed by atoms with van der Waals surface area (Å²) in [7, 11) is 0. The smallest absolute Gasteiger partial charge is 0.224 e. The van der Waals surface area contributed by atoms with Crippen molar-refractivity contribution < 1.29 is 14.3 Å². The molecule has 0 aromatic heterocycles. The van der Waals surface area contributed by atoms with E-state index in [0.29, 0.717) is 12.0 Å². The van der Waals surface area contributed by atoms with Gasteiger partial charge in [0.1, 0.15) is 5.82 Å².